The van der Waals surface area contributed by atoms with Crippen LogP contribution in [0, 0.1) is 0 Å². The molecule has 0 aliphatic carbocycles. The predicted octanol–water partition coefficient (Wildman–Crippen LogP) is 3.42. The highest BCUT2D eigenvalue weighted by molar-refractivity contribution is 5.92. The Balaban J connectivity index is 1.18. The van der Waals surface area contributed by atoms with Crippen molar-refractivity contribution < 1.29 is 9.53 Å². The van der Waals surface area contributed by atoms with Crippen LogP contribution >= 0.6 is 0 Å². The summed E-state index contributed by atoms with van der Waals surface area (Å²) in [5.74, 6) is 0.799. The standard InChI is InChI=1S/C25H28N4O2/c30-25(19-29-16-14-28(15-17-29)18-21-10-12-26-13-11-21)27-23-6-8-24(9-7-23)31-20-22-4-2-1-3-5-22/h1-13H,14-20H2,(H,27,30). The molecule has 2 heterocycles. The third-order valence-corrected chi connectivity index (χ3v) is 5.37. The molecule has 1 aliphatic heterocycles. The number of carbonyl (C=O) groups excluding carboxylic acids is 1. The van der Waals surface area contributed by atoms with E-state index in [0.29, 0.717) is 13.2 Å². The molecule has 1 saturated heterocycles. The van der Waals surface area contributed by atoms with Gasteiger partial charge in [-0.15, -0.1) is 0 Å². The number of hydrogen-bond acceptors (Lipinski definition) is 5. The summed E-state index contributed by atoms with van der Waals surface area (Å²) in [6, 6.07) is 21.7. The summed E-state index contributed by atoms with van der Waals surface area (Å²) in [7, 11) is 0. The fourth-order valence-corrected chi connectivity index (χ4v) is 3.63. The minimum absolute atomic E-state index is 0.0144. The first-order chi connectivity index (χ1) is 15.2. The van der Waals surface area contributed by atoms with Gasteiger partial charge in [0.2, 0.25) is 5.91 Å². The van der Waals surface area contributed by atoms with Crippen molar-refractivity contribution in [3.05, 3.63) is 90.3 Å². The summed E-state index contributed by atoms with van der Waals surface area (Å²) >= 11 is 0. The van der Waals surface area contributed by atoms with Crippen molar-refractivity contribution in [1.82, 2.24) is 14.8 Å². The van der Waals surface area contributed by atoms with Gasteiger partial charge in [0.1, 0.15) is 12.4 Å². The molecule has 0 spiro atoms. The quantitative estimate of drug-likeness (QED) is 0.610. The third kappa shape index (κ3) is 6.64. The zero-order valence-corrected chi connectivity index (χ0v) is 17.6. The monoisotopic (exact) mass is 416 g/mol. The van der Waals surface area contributed by atoms with Gasteiger partial charge >= 0.3 is 0 Å². The maximum absolute atomic E-state index is 12.4. The van der Waals surface area contributed by atoms with E-state index in [1.807, 2.05) is 67.0 Å². The topological polar surface area (TPSA) is 57.7 Å². The number of piperazine rings is 1. The minimum atomic E-state index is 0.0144. The van der Waals surface area contributed by atoms with Crippen LogP contribution in [0.25, 0.3) is 0 Å². The number of nitrogens with zero attached hydrogens (tertiary/aromatic N) is 3. The van der Waals surface area contributed by atoms with Crippen LogP contribution in [0.3, 0.4) is 0 Å². The molecule has 1 aliphatic rings. The molecule has 3 aromatic rings. The average Bonchev–Trinajstić information content (AvgIpc) is 2.81. The van der Waals surface area contributed by atoms with E-state index in [1.54, 1.807) is 0 Å². The highest BCUT2D eigenvalue weighted by Gasteiger charge is 2.19. The molecule has 160 valence electrons. The van der Waals surface area contributed by atoms with Crippen LogP contribution in [0.1, 0.15) is 11.1 Å². The van der Waals surface area contributed by atoms with E-state index in [9.17, 15) is 4.79 Å². The van der Waals surface area contributed by atoms with Crippen molar-refractivity contribution in [3.8, 4) is 5.75 Å². The lowest BCUT2D eigenvalue weighted by molar-refractivity contribution is -0.117. The van der Waals surface area contributed by atoms with Crippen molar-refractivity contribution in [1.29, 1.82) is 0 Å². The second-order valence-electron chi connectivity index (χ2n) is 7.75. The van der Waals surface area contributed by atoms with E-state index >= 15 is 0 Å². The molecule has 4 rings (SSSR count). The summed E-state index contributed by atoms with van der Waals surface area (Å²) in [5, 5.41) is 2.98. The molecule has 1 amide bonds. The van der Waals surface area contributed by atoms with Gasteiger partial charge in [0.05, 0.1) is 6.54 Å². The molecular formula is C25H28N4O2. The minimum Gasteiger partial charge on any atom is -0.489 e. The number of carbonyl (C=O) groups is 1. The number of pyridine rings is 1. The SMILES string of the molecule is O=C(CN1CCN(Cc2ccncc2)CC1)Nc1ccc(OCc2ccccc2)cc1. The first-order valence-corrected chi connectivity index (χ1v) is 10.6. The Morgan fingerprint density at radius 2 is 1.52 bits per heavy atom. The van der Waals surface area contributed by atoms with E-state index in [-0.39, 0.29) is 5.91 Å². The fourth-order valence-electron chi connectivity index (χ4n) is 3.63. The number of benzene rings is 2. The van der Waals surface area contributed by atoms with Crippen molar-refractivity contribution in [3.63, 3.8) is 0 Å². The first kappa shape index (κ1) is 21.0. The second-order valence-corrected chi connectivity index (χ2v) is 7.75. The molecule has 1 aromatic heterocycles. The lowest BCUT2D eigenvalue weighted by Crippen LogP contribution is -2.48. The number of anilines is 1. The molecule has 0 saturated carbocycles. The fraction of sp³-hybridized carbons (Fsp3) is 0.280. The number of nitrogens with one attached hydrogen (secondary N) is 1. The van der Waals surface area contributed by atoms with Crippen LogP contribution in [-0.4, -0.2) is 53.4 Å². The third-order valence-electron chi connectivity index (χ3n) is 5.37. The Kier molecular flexibility index (Phi) is 7.26. The highest BCUT2D eigenvalue weighted by Crippen LogP contribution is 2.17. The van der Waals surface area contributed by atoms with Crippen LogP contribution in [0.2, 0.25) is 0 Å². The summed E-state index contributed by atoms with van der Waals surface area (Å²) in [6.07, 6.45) is 3.66. The molecule has 0 bridgehead atoms. The van der Waals surface area contributed by atoms with Gasteiger partial charge in [0, 0.05) is 50.8 Å². The Hall–Kier alpha value is -3.22. The van der Waals surface area contributed by atoms with Crippen LogP contribution in [-0.2, 0) is 17.9 Å². The number of amides is 1. The zero-order chi connectivity index (χ0) is 21.3. The highest BCUT2D eigenvalue weighted by atomic mass is 16.5. The normalized spacial score (nSPS) is 14.8. The predicted molar refractivity (Wildman–Crippen MR) is 122 cm³/mol. The van der Waals surface area contributed by atoms with Gasteiger partial charge in [-0.05, 0) is 47.5 Å². The van der Waals surface area contributed by atoms with Gasteiger partial charge in [-0.25, -0.2) is 0 Å². The molecule has 0 radical (unpaired) electrons. The van der Waals surface area contributed by atoms with Crippen molar-refractivity contribution in [2.45, 2.75) is 13.2 Å². The van der Waals surface area contributed by atoms with E-state index in [2.05, 4.69) is 32.2 Å². The summed E-state index contributed by atoms with van der Waals surface area (Å²) in [4.78, 5) is 21.1. The maximum Gasteiger partial charge on any atom is 0.238 e. The lowest BCUT2D eigenvalue weighted by atomic mass is 10.2. The molecule has 2 aromatic carbocycles. The van der Waals surface area contributed by atoms with Crippen LogP contribution < -0.4 is 10.1 Å². The Morgan fingerprint density at radius 1 is 0.839 bits per heavy atom. The van der Waals surface area contributed by atoms with Crippen LogP contribution in [0.4, 0.5) is 5.69 Å². The number of aromatic nitrogens is 1. The Bertz CT molecular complexity index is 940. The summed E-state index contributed by atoms with van der Waals surface area (Å²) < 4.78 is 5.80. The van der Waals surface area contributed by atoms with Gasteiger partial charge in [0.25, 0.3) is 0 Å². The summed E-state index contributed by atoms with van der Waals surface area (Å²) in [6.45, 7) is 5.58. The smallest absolute Gasteiger partial charge is 0.238 e. The lowest BCUT2D eigenvalue weighted by Gasteiger charge is -2.34. The van der Waals surface area contributed by atoms with Gasteiger partial charge in [-0.3, -0.25) is 19.6 Å². The van der Waals surface area contributed by atoms with Crippen LogP contribution in [0.5, 0.6) is 5.75 Å². The van der Waals surface area contributed by atoms with Crippen molar-refractivity contribution in [2.24, 2.45) is 0 Å². The van der Waals surface area contributed by atoms with Crippen LogP contribution in [0.15, 0.2) is 79.1 Å². The van der Waals surface area contributed by atoms with Crippen molar-refractivity contribution >= 4 is 11.6 Å². The van der Waals surface area contributed by atoms with E-state index in [4.69, 9.17) is 4.74 Å². The van der Waals surface area contributed by atoms with Gasteiger partial charge < -0.3 is 10.1 Å². The number of rotatable bonds is 8. The molecule has 0 unspecified atom stereocenters. The Morgan fingerprint density at radius 3 is 2.23 bits per heavy atom. The van der Waals surface area contributed by atoms with E-state index < -0.39 is 0 Å². The van der Waals surface area contributed by atoms with Crippen molar-refractivity contribution in [2.75, 3.05) is 38.0 Å². The zero-order valence-electron chi connectivity index (χ0n) is 17.6. The Labute approximate surface area is 183 Å². The van der Waals surface area contributed by atoms with Gasteiger partial charge in [0.15, 0.2) is 0 Å². The second kappa shape index (κ2) is 10.7. The van der Waals surface area contributed by atoms with Gasteiger partial charge in [-0.2, -0.15) is 0 Å². The van der Waals surface area contributed by atoms with E-state index in [0.717, 1.165) is 49.7 Å². The molecule has 31 heavy (non-hydrogen) atoms. The largest absolute Gasteiger partial charge is 0.489 e. The number of ether oxygens (including phenoxy) is 1. The van der Waals surface area contributed by atoms with Gasteiger partial charge in [-0.1, -0.05) is 30.3 Å². The average molecular weight is 417 g/mol. The summed E-state index contributed by atoms with van der Waals surface area (Å²) in [5.41, 5.74) is 3.19. The number of hydrogen-bond donors (Lipinski definition) is 1. The van der Waals surface area contributed by atoms with E-state index in [1.165, 1.54) is 5.56 Å². The molecule has 1 N–H and O–H groups in total. The molecule has 1 fully saturated rings. The first-order valence-electron chi connectivity index (χ1n) is 10.6. The maximum atomic E-state index is 12.4. The molecule has 6 nitrogen and oxygen atoms in total. The molecule has 6 heteroatoms. The molecular weight excluding hydrogens is 388 g/mol. The molecule has 0 atom stereocenters.